The van der Waals surface area contributed by atoms with Crippen LogP contribution >= 0.6 is 0 Å². The standard InChI is InChI=1S/C29H25N3O2/c1-21-8-6-9-22(16-21)18-32-19-24(25-12-4-5-14-27(25)32)17-30-31-29(33)20-34-28-15-7-11-23-10-2-3-13-26(23)28/h2-17,19H,18,20H2,1H3,(H,31,33)/b30-17+. The van der Waals surface area contributed by atoms with Crippen molar-refractivity contribution in [2.75, 3.05) is 6.61 Å². The van der Waals surface area contributed by atoms with Gasteiger partial charge in [0.1, 0.15) is 5.75 Å². The normalized spacial score (nSPS) is 11.3. The van der Waals surface area contributed by atoms with Crippen LogP contribution in [-0.4, -0.2) is 23.3 Å². The number of hydrogen-bond acceptors (Lipinski definition) is 3. The summed E-state index contributed by atoms with van der Waals surface area (Å²) in [5.41, 5.74) is 7.12. The third kappa shape index (κ3) is 4.69. The van der Waals surface area contributed by atoms with Crippen molar-refractivity contribution in [1.82, 2.24) is 9.99 Å². The van der Waals surface area contributed by atoms with Crippen molar-refractivity contribution in [3.63, 3.8) is 0 Å². The highest BCUT2D eigenvalue weighted by Gasteiger charge is 2.08. The summed E-state index contributed by atoms with van der Waals surface area (Å²) >= 11 is 0. The SMILES string of the molecule is Cc1cccc(Cn2cc(/C=N/NC(=O)COc3cccc4ccccc34)c3ccccc32)c1. The highest BCUT2D eigenvalue weighted by atomic mass is 16.5. The number of hydrazone groups is 1. The summed E-state index contributed by atoms with van der Waals surface area (Å²) in [6, 6.07) is 30.4. The Labute approximate surface area is 198 Å². The molecule has 0 bridgehead atoms. The number of nitrogens with one attached hydrogen (secondary N) is 1. The third-order valence-electron chi connectivity index (χ3n) is 5.76. The van der Waals surface area contributed by atoms with Gasteiger partial charge in [0.2, 0.25) is 0 Å². The average Bonchev–Trinajstić information content (AvgIpc) is 3.20. The van der Waals surface area contributed by atoms with Crippen molar-refractivity contribution in [2.45, 2.75) is 13.5 Å². The number of carbonyl (C=O) groups excluding carboxylic acids is 1. The maximum absolute atomic E-state index is 12.3. The molecule has 0 aliphatic heterocycles. The van der Waals surface area contributed by atoms with Crippen molar-refractivity contribution < 1.29 is 9.53 Å². The van der Waals surface area contributed by atoms with Crippen molar-refractivity contribution >= 4 is 33.8 Å². The molecular weight excluding hydrogens is 422 g/mol. The topological polar surface area (TPSA) is 55.6 Å². The number of hydrogen-bond donors (Lipinski definition) is 1. The van der Waals surface area contributed by atoms with E-state index < -0.39 is 0 Å². The smallest absolute Gasteiger partial charge is 0.277 e. The van der Waals surface area contributed by atoms with E-state index in [-0.39, 0.29) is 12.5 Å². The van der Waals surface area contributed by atoms with Gasteiger partial charge in [0.15, 0.2) is 6.61 Å². The summed E-state index contributed by atoms with van der Waals surface area (Å²) in [4.78, 5) is 12.3. The second kappa shape index (κ2) is 9.63. The van der Waals surface area contributed by atoms with Gasteiger partial charge < -0.3 is 9.30 Å². The lowest BCUT2D eigenvalue weighted by molar-refractivity contribution is -0.123. The number of aryl methyl sites for hydroxylation is 1. The number of fused-ring (bicyclic) bond motifs is 2. The summed E-state index contributed by atoms with van der Waals surface area (Å²) in [6.45, 7) is 2.75. The molecule has 0 fully saturated rings. The minimum absolute atomic E-state index is 0.111. The Morgan fingerprint density at radius 1 is 0.941 bits per heavy atom. The molecule has 5 heteroatoms. The Bertz CT molecular complexity index is 1490. The molecule has 34 heavy (non-hydrogen) atoms. The van der Waals surface area contributed by atoms with Gasteiger partial charge in [-0.2, -0.15) is 5.10 Å². The van der Waals surface area contributed by atoms with Crippen LogP contribution in [0.2, 0.25) is 0 Å². The van der Waals surface area contributed by atoms with Gasteiger partial charge in [0, 0.05) is 34.6 Å². The molecule has 1 amide bonds. The van der Waals surface area contributed by atoms with Gasteiger partial charge in [-0.25, -0.2) is 5.43 Å². The molecule has 1 aromatic heterocycles. The van der Waals surface area contributed by atoms with E-state index in [0.717, 1.165) is 33.8 Å². The van der Waals surface area contributed by atoms with E-state index in [4.69, 9.17) is 4.74 Å². The first kappa shape index (κ1) is 21.5. The van der Waals surface area contributed by atoms with Crippen LogP contribution in [0.1, 0.15) is 16.7 Å². The Hall–Kier alpha value is -4.38. The number of benzene rings is 4. The van der Waals surface area contributed by atoms with Crippen molar-refractivity contribution in [1.29, 1.82) is 0 Å². The van der Waals surface area contributed by atoms with Gasteiger partial charge in [-0.3, -0.25) is 4.79 Å². The summed E-state index contributed by atoms with van der Waals surface area (Å²) < 4.78 is 7.95. The second-order valence-corrected chi connectivity index (χ2v) is 8.28. The first-order chi connectivity index (χ1) is 16.7. The molecule has 0 aliphatic carbocycles. The largest absolute Gasteiger partial charge is 0.483 e. The first-order valence-corrected chi connectivity index (χ1v) is 11.2. The highest BCUT2D eigenvalue weighted by molar-refractivity contribution is 5.99. The molecule has 0 unspecified atom stereocenters. The molecule has 5 aromatic rings. The van der Waals surface area contributed by atoms with E-state index in [1.807, 2.05) is 54.6 Å². The van der Waals surface area contributed by atoms with E-state index in [0.29, 0.717) is 5.75 Å². The van der Waals surface area contributed by atoms with Gasteiger partial charge in [-0.05, 0) is 30.0 Å². The van der Waals surface area contributed by atoms with E-state index in [1.165, 1.54) is 11.1 Å². The third-order valence-corrected chi connectivity index (χ3v) is 5.76. The summed E-state index contributed by atoms with van der Waals surface area (Å²) in [7, 11) is 0. The van der Waals surface area contributed by atoms with Crippen LogP contribution in [-0.2, 0) is 11.3 Å². The van der Waals surface area contributed by atoms with Crippen LogP contribution in [0.15, 0.2) is 102 Å². The molecule has 0 atom stereocenters. The molecule has 168 valence electrons. The first-order valence-electron chi connectivity index (χ1n) is 11.2. The Balaban J connectivity index is 1.27. The van der Waals surface area contributed by atoms with Crippen LogP contribution in [0.3, 0.4) is 0 Å². The summed E-state index contributed by atoms with van der Waals surface area (Å²) in [5, 5.41) is 7.31. The van der Waals surface area contributed by atoms with Crippen LogP contribution in [0.25, 0.3) is 21.7 Å². The highest BCUT2D eigenvalue weighted by Crippen LogP contribution is 2.25. The fraction of sp³-hybridized carbons (Fsp3) is 0.103. The van der Waals surface area contributed by atoms with Crippen LogP contribution < -0.4 is 10.2 Å². The van der Waals surface area contributed by atoms with Gasteiger partial charge in [0.05, 0.1) is 6.21 Å². The number of ether oxygens (including phenoxy) is 1. The molecule has 5 rings (SSSR count). The lowest BCUT2D eigenvalue weighted by Gasteiger charge is -2.08. The molecule has 1 N–H and O–H groups in total. The second-order valence-electron chi connectivity index (χ2n) is 8.28. The van der Waals surface area contributed by atoms with Gasteiger partial charge in [0.25, 0.3) is 5.91 Å². The zero-order valence-corrected chi connectivity index (χ0v) is 18.9. The van der Waals surface area contributed by atoms with Crippen LogP contribution in [0.5, 0.6) is 5.75 Å². The number of nitrogens with zero attached hydrogens (tertiary/aromatic N) is 2. The Morgan fingerprint density at radius 2 is 1.71 bits per heavy atom. The zero-order valence-electron chi connectivity index (χ0n) is 18.9. The number of rotatable bonds is 7. The monoisotopic (exact) mass is 447 g/mol. The minimum atomic E-state index is -0.312. The van der Waals surface area contributed by atoms with Crippen molar-refractivity contribution in [2.24, 2.45) is 5.10 Å². The van der Waals surface area contributed by atoms with E-state index >= 15 is 0 Å². The molecule has 0 radical (unpaired) electrons. The van der Waals surface area contributed by atoms with Crippen LogP contribution in [0, 0.1) is 6.92 Å². The van der Waals surface area contributed by atoms with Crippen molar-refractivity contribution in [3.8, 4) is 5.75 Å². The molecule has 0 saturated carbocycles. The van der Waals surface area contributed by atoms with Gasteiger partial charge >= 0.3 is 0 Å². The number of carbonyl (C=O) groups is 1. The quantitative estimate of drug-likeness (QED) is 0.258. The number of para-hydroxylation sites is 1. The summed E-state index contributed by atoms with van der Waals surface area (Å²) in [5.74, 6) is 0.365. The predicted molar refractivity (Wildman–Crippen MR) is 137 cm³/mol. The summed E-state index contributed by atoms with van der Waals surface area (Å²) in [6.07, 6.45) is 3.75. The molecule has 5 nitrogen and oxygen atoms in total. The maximum Gasteiger partial charge on any atom is 0.277 e. The Morgan fingerprint density at radius 3 is 2.59 bits per heavy atom. The van der Waals surface area contributed by atoms with Crippen LogP contribution in [0.4, 0.5) is 0 Å². The van der Waals surface area contributed by atoms with E-state index in [9.17, 15) is 4.79 Å². The molecule has 1 heterocycles. The zero-order chi connectivity index (χ0) is 23.3. The fourth-order valence-corrected chi connectivity index (χ4v) is 4.19. The molecule has 0 aliphatic rings. The number of amides is 1. The number of aromatic nitrogens is 1. The maximum atomic E-state index is 12.3. The van der Waals surface area contributed by atoms with Gasteiger partial charge in [-0.15, -0.1) is 0 Å². The lowest BCUT2D eigenvalue weighted by Crippen LogP contribution is -2.24. The molecular formula is C29H25N3O2. The Kier molecular flexibility index (Phi) is 6.08. The molecule has 4 aromatic carbocycles. The lowest BCUT2D eigenvalue weighted by atomic mass is 10.1. The molecule has 0 spiro atoms. The minimum Gasteiger partial charge on any atom is -0.483 e. The fourth-order valence-electron chi connectivity index (χ4n) is 4.19. The molecule has 0 saturated heterocycles. The van der Waals surface area contributed by atoms with Crippen molar-refractivity contribution in [3.05, 3.63) is 114 Å². The average molecular weight is 448 g/mol. The van der Waals surface area contributed by atoms with Gasteiger partial charge in [-0.1, -0.05) is 84.4 Å². The predicted octanol–water partition coefficient (Wildman–Crippen LogP) is 5.68. The van der Waals surface area contributed by atoms with E-state index in [1.54, 1.807) is 6.21 Å². The van der Waals surface area contributed by atoms with E-state index in [2.05, 4.69) is 64.6 Å².